The van der Waals surface area contributed by atoms with E-state index in [0.29, 0.717) is 6.04 Å². The minimum atomic E-state index is 0.366. The van der Waals surface area contributed by atoms with E-state index >= 15 is 0 Å². The monoisotopic (exact) mass is 263 g/mol. The third-order valence-corrected chi connectivity index (χ3v) is 3.32. The molecule has 0 spiro atoms. The molecule has 0 fully saturated rings. The number of benzene rings is 1. The molecule has 0 aliphatic heterocycles. The maximum atomic E-state index is 6.10. The Labute approximate surface area is 113 Å². The quantitative estimate of drug-likeness (QED) is 0.899. The highest BCUT2D eigenvalue weighted by Crippen LogP contribution is 2.16. The number of aromatic nitrogens is 2. The van der Waals surface area contributed by atoms with Gasteiger partial charge >= 0.3 is 0 Å². The lowest BCUT2D eigenvalue weighted by Gasteiger charge is -2.14. The molecule has 2 rings (SSSR count). The van der Waals surface area contributed by atoms with Gasteiger partial charge in [-0.25, -0.2) is 0 Å². The van der Waals surface area contributed by atoms with Crippen LogP contribution in [0.25, 0.3) is 0 Å². The van der Waals surface area contributed by atoms with Crippen molar-refractivity contribution < 1.29 is 0 Å². The van der Waals surface area contributed by atoms with E-state index in [2.05, 4.69) is 29.5 Å². The molecule has 2 aromatic rings. The lowest BCUT2D eigenvalue weighted by atomic mass is 10.1. The standard InChI is InChI=1S/C14H18ClN3/c1-11-4-5-13(8-14(11)15)9-16-12(2)10-18-7-3-6-17-18/h3-8,12,16H,9-10H2,1-2H3. The molecule has 4 heteroatoms. The van der Waals surface area contributed by atoms with Crippen LogP contribution in [0.4, 0.5) is 0 Å². The Morgan fingerprint density at radius 3 is 2.94 bits per heavy atom. The molecule has 0 aliphatic rings. The van der Waals surface area contributed by atoms with Crippen molar-refractivity contribution in [2.45, 2.75) is 33.0 Å². The number of nitrogens with zero attached hydrogens (tertiary/aromatic N) is 2. The second-order valence-electron chi connectivity index (χ2n) is 4.59. The van der Waals surface area contributed by atoms with Crippen LogP contribution in [0.15, 0.2) is 36.7 Å². The Balaban J connectivity index is 1.85. The fourth-order valence-electron chi connectivity index (χ4n) is 1.79. The van der Waals surface area contributed by atoms with Crippen LogP contribution in [0.2, 0.25) is 5.02 Å². The summed E-state index contributed by atoms with van der Waals surface area (Å²) in [6, 6.07) is 8.48. The highest BCUT2D eigenvalue weighted by Gasteiger charge is 2.03. The van der Waals surface area contributed by atoms with Crippen LogP contribution in [0.5, 0.6) is 0 Å². The molecule has 0 bridgehead atoms. The number of halogens is 1. The molecule has 0 radical (unpaired) electrons. The van der Waals surface area contributed by atoms with Crippen molar-refractivity contribution in [1.82, 2.24) is 15.1 Å². The Kier molecular flexibility index (Phi) is 4.39. The summed E-state index contributed by atoms with van der Waals surface area (Å²) < 4.78 is 1.93. The molecule has 1 unspecified atom stereocenters. The van der Waals surface area contributed by atoms with Gasteiger partial charge in [0, 0.05) is 30.0 Å². The largest absolute Gasteiger partial charge is 0.308 e. The fourth-order valence-corrected chi connectivity index (χ4v) is 2.00. The number of aryl methyl sites for hydroxylation is 1. The first-order valence-electron chi connectivity index (χ1n) is 6.11. The van der Waals surface area contributed by atoms with Gasteiger partial charge in [0.25, 0.3) is 0 Å². The van der Waals surface area contributed by atoms with Gasteiger partial charge in [0.05, 0.1) is 6.54 Å². The second kappa shape index (κ2) is 6.03. The molecule has 1 atom stereocenters. The van der Waals surface area contributed by atoms with Gasteiger partial charge in [-0.3, -0.25) is 4.68 Å². The lowest BCUT2D eigenvalue weighted by Crippen LogP contribution is -2.30. The van der Waals surface area contributed by atoms with Crippen LogP contribution in [0, 0.1) is 6.92 Å². The maximum Gasteiger partial charge on any atom is 0.0560 e. The average Bonchev–Trinajstić information content (AvgIpc) is 2.83. The highest BCUT2D eigenvalue weighted by atomic mass is 35.5. The molecule has 1 heterocycles. The Hall–Kier alpha value is -1.32. The topological polar surface area (TPSA) is 29.9 Å². The third-order valence-electron chi connectivity index (χ3n) is 2.91. The van der Waals surface area contributed by atoms with Crippen molar-refractivity contribution in [2.24, 2.45) is 0 Å². The average molecular weight is 264 g/mol. The van der Waals surface area contributed by atoms with E-state index < -0.39 is 0 Å². The van der Waals surface area contributed by atoms with Gasteiger partial charge < -0.3 is 5.32 Å². The van der Waals surface area contributed by atoms with Gasteiger partial charge in [-0.1, -0.05) is 23.7 Å². The summed E-state index contributed by atoms with van der Waals surface area (Å²) in [6.07, 6.45) is 3.77. The van der Waals surface area contributed by atoms with Gasteiger partial charge in [0.2, 0.25) is 0 Å². The SMILES string of the molecule is Cc1ccc(CNC(C)Cn2cccn2)cc1Cl. The Morgan fingerprint density at radius 2 is 2.28 bits per heavy atom. The number of hydrogen-bond donors (Lipinski definition) is 1. The van der Waals surface area contributed by atoms with E-state index in [1.165, 1.54) is 5.56 Å². The summed E-state index contributed by atoms with van der Waals surface area (Å²) in [5.74, 6) is 0. The zero-order chi connectivity index (χ0) is 13.0. The Morgan fingerprint density at radius 1 is 1.44 bits per heavy atom. The van der Waals surface area contributed by atoms with Crippen molar-refractivity contribution in [2.75, 3.05) is 0 Å². The summed E-state index contributed by atoms with van der Waals surface area (Å²) in [7, 11) is 0. The molecule has 18 heavy (non-hydrogen) atoms. The number of hydrogen-bond acceptors (Lipinski definition) is 2. The van der Waals surface area contributed by atoms with E-state index in [1.54, 1.807) is 6.20 Å². The fraction of sp³-hybridized carbons (Fsp3) is 0.357. The first-order valence-corrected chi connectivity index (χ1v) is 6.49. The first-order chi connectivity index (χ1) is 8.65. The van der Waals surface area contributed by atoms with Crippen LogP contribution >= 0.6 is 11.6 Å². The molecule has 1 aromatic carbocycles. The summed E-state index contributed by atoms with van der Waals surface area (Å²) in [6.45, 7) is 5.85. The zero-order valence-corrected chi connectivity index (χ0v) is 11.5. The summed E-state index contributed by atoms with van der Waals surface area (Å²) in [5.41, 5.74) is 2.32. The molecule has 0 saturated heterocycles. The van der Waals surface area contributed by atoms with E-state index in [1.807, 2.05) is 29.9 Å². The van der Waals surface area contributed by atoms with Crippen LogP contribution in [0.1, 0.15) is 18.1 Å². The van der Waals surface area contributed by atoms with Crippen molar-refractivity contribution in [3.8, 4) is 0 Å². The van der Waals surface area contributed by atoms with Crippen LogP contribution in [-0.4, -0.2) is 15.8 Å². The third kappa shape index (κ3) is 3.59. The van der Waals surface area contributed by atoms with Crippen LogP contribution in [0.3, 0.4) is 0 Å². The minimum Gasteiger partial charge on any atom is -0.308 e. The number of nitrogens with one attached hydrogen (secondary N) is 1. The van der Waals surface area contributed by atoms with Gasteiger partial charge in [-0.15, -0.1) is 0 Å². The molecule has 1 aromatic heterocycles. The Bertz CT molecular complexity index is 494. The lowest BCUT2D eigenvalue weighted by molar-refractivity contribution is 0.451. The van der Waals surface area contributed by atoms with E-state index in [0.717, 1.165) is 23.7 Å². The molecular formula is C14H18ClN3. The van der Waals surface area contributed by atoms with Crippen molar-refractivity contribution >= 4 is 11.6 Å². The summed E-state index contributed by atoms with van der Waals surface area (Å²) in [5, 5.41) is 8.48. The van der Waals surface area contributed by atoms with Crippen molar-refractivity contribution in [1.29, 1.82) is 0 Å². The second-order valence-corrected chi connectivity index (χ2v) is 5.00. The molecule has 0 amide bonds. The molecular weight excluding hydrogens is 246 g/mol. The van der Waals surface area contributed by atoms with E-state index in [-0.39, 0.29) is 0 Å². The first kappa shape index (κ1) is 13.1. The smallest absolute Gasteiger partial charge is 0.0560 e. The molecule has 0 saturated carbocycles. The molecule has 0 aliphatic carbocycles. The van der Waals surface area contributed by atoms with Crippen LogP contribution < -0.4 is 5.32 Å². The summed E-state index contributed by atoms with van der Waals surface area (Å²) in [4.78, 5) is 0. The van der Waals surface area contributed by atoms with Gasteiger partial charge in [0.1, 0.15) is 0 Å². The highest BCUT2D eigenvalue weighted by molar-refractivity contribution is 6.31. The van der Waals surface area contributed by atoms with E-state index in [9.17, 15) is 0 Å². The predicted octanol–water partition coefficient (Wildman–Crippen LogP) is 3.02. The molecule has 96 valence electrons. The van der Waals surface area contributed by atoms with Crippen molar-refractivity contribution in [3.05, 3.63) is 52.8 Å². The minimum absolute atomic E-state index is 0.366. The zero-order valence-electron chi connectivity index (χ0n) is 10.7. The predicted molar refractivity (Wildman–Crippen MR) is 74.7 cm³/mol. The van der Waals surface area contributed by atoms with Crippen molar-refractivity contribution in [3.63, 3.8) is 0 Å². The maximum absolute atomic E-state index is 6.10. The number of rotatable bonds is 5. The van der Waals surface area contributed by atoms with Gasteiger partial charge in [0.15, 0.2) is 0 Å². The van der Waals surface area contributed by atoms with Crippen LogP contribution in [-0.2, 0) is 13.1 Å². The van der Waals surface area contributed by atoms with E-state index in [4.69, 9.17) is 11.6 Å². The molecule has 1 N–H and O–H groups in total. The van der Waals surface area contributed by atoms with Gasteiger partial charge in [-0.2, -0.15) is 5.10 Å². The summed E-state index contributed by atoms with van der Waals surface area (Å²) >= 11 is 6.10. The molecule has 3 nitrogen and oxygen atoms in total. The normalized spacial score (nSPS) is 12.6. The van der Waals surface area contributed by atoms with Gasteiger partial charge in [-0.05, 0) is 37.1 Å².